The van der Waals surface area contributed by atoms with E-state index in [0.29, 0.717) is 0 Å². The Kier molecular flexibility index (Phi) is 4.66. The normalized spacial score (nSPS) is 37.5. The molecule has 1 aliphatic heterocycles. The van der Waals surface area contributed by atoms with Crippen LogP contribution in [-0.4, -0.2) is 31.1 Å². The maximum Gasteiger partial charge on any atom is 0.00128 e. The highest BCUT2D eigenvalue weighted by molar-refractivity contribution is 4.81. The van der Waals surface area contributed by atoms with Crippen LogP contribution < -0.4 is 5.73 Å². The summed E-state index contributed by atoms with van der Waals surface area (Å²) in [5, 5.41) is 0. The monoisotopic (exact) mass is 224 g/mol. The molecule has 94 valence electrons. The molecule has 0 radical (unpaired) electrons. The molecule has 2 N–H and O–H groups in total. The summed E-state index contributed by atoms with van der Waals surface area (Å²) in [5.41, 5.74) is 5.86. The van der Waals surface area contributed by atoms with Gasteiger partial charge in [0, 0.05) is 6.54 Å². The lowest BCUT2D eigenvalue weighted by Gasteiger charge is -2.27. The van der Waals surface area contributed by atoms with Gasteiger partial charge in [0.05, 0.1) is 0 Å². The van der Waals surface area contributed by atoms with Crippen molar-refractivity contribution in [2.24, 2.45) is 23.5 Å². The summed E-state index contributed by atoms with van der Waals surface area (Å²) in [6.07, 6.45) is 8.46. The van der Waals surface area contributed by atoms with E-state index in [0.717, 1.165) is 24.3 Å². The first-order valence-electron chi connectivity index (χ1n) is 7.22. The molecular formula is C14H28N2. The van der Waals surface area contributed by atoms with Gasteiger partial charge in [-0.15, -0.1) is 0 Å². The Labute approximate surface area is 101 Å². The minimum Gasteiger partial charge on any atom is -0.330 e. The SMILES string of the molecule is CC1CCCN(CC2CCCC2CN)CC1. The Morgan fingerprint density at radius 3 is 2.62 bits per heavy atom. The van der Waals surface area contributed by atoms with Crippen molar-refractivity contribution >= 4 is 0 Å². The average Bonchev–Trinajstić information content (AvgIpc) is 2.63. The van der Waals surface area contributed by atoms with Crippen LogP contribution >= 0.6 is 0 Å². The molecule has 0 amide bonds. The molecule has 0 spiro atoms. The van der Waals surface area contributed by atoms with Crippen molar-refractivity contribution in [1.82, 2.24) is 4.90 Å². The van der Waals surface area contributed by atoms with E-state index in [1.165, 1.54) is 58.2 Å². The molecule has 0 aromatic rings. The number of likely N-dealkylation sites (tertiary alicyclic amines) is 1. The highest BCUT2D eigenvalue weighted by Crippen LogP contribution is 2.32. The van der Waals surface area contributed by atoms with E-state index in [2.05, 4.69) is 11.8 Å². The van der Waals surface area contributed by atoms with Crippen LogP contribution in [0.3, 0.4) is 0 Å². The van der Waals surface area contributed by atoms with E-state index in [1.807, 2.05) is 0 Å². The fraction of sp³-hybridized carbons (Fsp3) is 1.00. The molecule has 16 heavy (non-hydrogen) atoms. The third-order valence-electron chi connectivity index (χ3n) is 4.72. The van der Waals surface area contributed by atoms with Crippen molar-refractivity contribution in [2.45, 2.75) is 45.4 Å². The standard InChI is InChI=1S/C14H28N2/c1-12-4-3-8-16(9-7-12)11-14-6-2-5-13(14)10-15/h12-14H,2-11,15H2,1H3. The van der Waals surface area contributed by atoms with Gasteiger partial charge in [-0.2, -0.15) is 0 Å². The van der Waals surface area contributed by atoms with Gasteiger partial charge >= 0.3 is 0 Å². The molecule has 1 saturated carbocycles. The van der Waals surface area contributed by atoms with Crippen LogP contribution in [0.25, 0.3) is 0 Å². The molecule has 2 rings (SSSR count). The van der Waals surface area contributed by atoms with Crippen molar-refractivity contribution in [3.8, 4) is 0 Å². The smallest absolute Gasteiger partial charge is 0.00128 e. The lowest BCUT2D eigenvalue weighted by Crippen LogP contribution is -2.33. The zero-order valence-electron chi connectivity index (χ0n) is 10.8. The Hall–Kier alpha value is -0.0800. The lowest BCUT2D eigenvalue weighted by atomic mass is 9.95. The molecule has 3 unspecified atom stereocenters. The van der Waals surface area contributed by atoms with Gasteiger partial charge in [0.1, 0.15) is 0 Å². The van der Waals surface area contributed by atoms with Crippen molar-refractivity contribution < 1.29 is 0 Å². The Bertz CT molecular complexity index is 205. The summed E-state index contributed by atoms with van der Waals surface area (Å²) in [7, 11) is 0. The number of nitrogens with zero attached hydrogens (tertiary/aromatic N) is 1. The average molecular weight is 224 g/mol. The molecule has 1 aliphatic carbocycles. The van der Waals surface area contributed by atoms with Crippen molar-refractivity contribution in [3.63, 3.8) is 0 Å². The maximum absolute atomic E-state index is 5.86. The number of rotatable bonds is 3. The third kappa shape index (κ3) is 3.21. The van der Waals surface area contributed by atoms with Crippen LogP contribution in [0.1, 0.15) is 45.4 Å². The van der Waals surface area contributed by atoms with Crippen LogP contribution in [0, 0.1) is 17.8 Å². The van der Waals surface area contributed by atoms with E-state index in [4.69, 9.17) is 5.73 Å². The predicted octanol–water partition coefficient (Wildman–Crippen LogP) is 2.48. The second kappa shape index (κ2) is 6.02. The minimum atomic E-state index is 0.820. The maximum atomic E-state index is 5.86. The van der Waals surface area contributed by atoms with Gasteiger partial charge in [-0.25, -0.2) is 0 Å². The quantitative estimate of drug-likeness (QED) is 0.798. The third-order valence-corrected chi connectivity index (χ3v) is 4.72. The summed E-state index contributed by atoms with van der Waals surface area (Å²) in [6.45, 7) is 7.30. The van der Waals surface area contributed by atoms with Crippen molar-refractivity contribution in [2.75, 3.05) is 26.2 Å². The van der Waals surface area contributed by atoms with Gasteiger partial charge in [-0.05, 0) is 69.5 Å². The van der Waals surface area contributed by atoms with Gasteiger partial charge in [-0.3, -0.25) is 0 Å². The van der Waals surface area contributed by atoms with Gasteiger partial charge in [-0.1, -0.05) is 13.3 Å². The van der Waals surface area contributed by atoms with E-state index in [-0.39, 0.29) is 0 Å². The molecule has 0 aromatic heterocycles. The zero-order valence-corrected chi connectivity index (χ0v) is 10.8. The van der Waals surface area contributed by atoms with E-state index in [9.17, 15) is 0 Å². The fourth-order valence-corrected chi connectivity index (χ4v) is 3.50. The lowest BCUT2D eigenvalue weighted by molar-refractivity contribution is 0.211. The first-order chi connectivity index (χ1) is 7.79. The summed E-state index contributed by atoms with van der Waals surface area (Å²) < 4.78 is 0. The molecule has 1 saturated heterocycles. The van der Waals surface area contributed by atoms with Crippen LogP contribution in [0.4, 0.5) is 0 Å². The largest absolute Gasteiger partial charge is 0.330 e. The van der Waals surface area contributed by atoms with Crippen molar-refractivity contribution in [1.29, 1.82) is 0 Å². The molecule has 2 heteroatoms. The minimum absolute atomic E-state index is 0.820. The molecule has 0 aromatic carbocycles. The predicted molar refractivity (Wildman–Crippen MR) is 69.3 cm³/mol. The Balaban J connectivity index is 1.79. The van der Waals surface area contributed by atoms with Crippen LogP contribution in [0.15, 0.2) is 0 Å². The molecular weight excluding hydrogens is 196 g/mol. The second-order valence-corrected chi connectivity index (χ2v) is 6.02. The molecule has 1 heterocycles. The van der Waals surface area contributed by atoms with E-state index < -0.39 is 0 Å². The first-order valence-corrected chi connectivity index (χ1v) is 7.22. The molecule has 2 nitrogen and oxygen atoms in total. The van der Waals surface area contributed by atoms with Gasteiger partial charge in [0.25, 0.3) is 0 Å². The topological polar surface area (TPSA) is 29.3 Å². The van der Waals surface area contributed by atoms with Crippen LogP contribution in [0.2, 0.25) is 0 Å². The summed E-state index contributed by atoms with van der Waals surface area (Å²) in [4.78, 5) is 2.71. The molecule has 0 bridgehead atoms. The van der Waals surface area contributed by atoms with Crippen LogP contribution in [0.5, 0.6) is 0 Å². The van der Waals surface area contributed by atoms with Crippen molar-refractivity contribution in [3.05, 3.63) is 0 Å². The van der Waals surface area contributed by atoms with E-state index in [1.54, 1.807) is 0 Å². The zero-order chi connectivity index (χ0) is 11.4. The number of hydrogen-bond donors (Lipinski definition) is 1. The second-order valence-electron chi connectivity index (χ2n) is 6.02. The first kappa shape index (κ1) is 12.4. The van der Waals surface area contributed by atoms with Gasteiger partial charge in [0.2, 0.25) is 0 Å². The molecule has 2 aliphatic rings. The number of nitrogens with two attached hydrogens (primary N) is 1. The molecule has 2 fully saturated rings. The Morgan fingerprint density at radius 2 is 1.81 bits per heavy atom. The summed E-state index contributed by atoms with van der Waals surface area (Å²) in [5.74, 6) is 2.66. The summed E-state index contributed by atoms with van der Waals surface area (Å²) in [6, 6.07) is 0. The van der Waals surface area contributed by atoms with Gasteiger partial charge in [0.15, 0.2) is 0 Å². The van der Waals surface area contributed by atoms with Crippen LogP contribution in [-0.2, 0) is 0 Å². The highest BCUT2D eigenvalue weighted by atomic mass is 15.1. The van der Waals surface area contributed by atoms with Gasteiger partial charge < -0.3 is 10.6 Å². The Morgan fingerprint density at radius 1 is 1.00 bits per heavy atom. The number of hydrogen-bond acceptors (Lipinski definition) is 2. The molecule has 3 atom stereocenters. The fourth-order valence-electron chi connectivity index (χ4n) is 3.50. The van der Waals surface area contributed by atoms with E-state index >= 15 is 0 Å². The highest BCUT2D eigenvalue weighted by Gasteiger charge is 2.28. The summed E-state index contributed by atoms with van der Waals surface area (Å²) >= 11 is 0.